The number of thioether (sulfide) groups is 1. The standard InChI is InChI=1S/C14H21NOS/c1-11(2)17-13-5-3-12(4-6-13)15-9-14(10-16)7-8-14/h3-6,11,15-16H,7-10H2,1-2H3. The molecule has 2 rings (SSSR count). The van der Waals surface area contributed by atoms with Crippen molar-refractivity contribution in [3.05, 3.63) is 24.3 Å². The lowest BCUT2D eigenvalue weighted by Gasteiger charge is -2.14. The normalized spacial score (nSPS) is 17.2. The van der Waals surface area contributed by atoms with Gasteiger partial charge in [0.15, 0.2) is 0 Å². The molecular formula is C14H21NOS. The summed E-state index contributed by atoms with van der Waals surface area (Å²) in [5.74, 6) is 0. The van der Waals surface area contributed by atoms with Gasteiger partial charge in [-0.1, -0.05) is 13.8 Å². The number of aliphatic hydroxyl groups is 1. The van der Waals surface area contributed by atoms with Crippen LogP contribution in [0, 0.1) is 5.41 Å². The van der Waals surface area contributed by atoms with Gasteiger partial charge < -0.3 is 10.4 Å². The molecule has 1 aromatic carbocycles. The molecule has 3 heteroatoms. The number of hydrogen-bond acceptors (Lipinski definition) is 3. The van der Waals surface area contributed by atoms with Crippen molar-refractivity contribution in [2.75, 3.05) is 18.5 Å². The fraction of sp³-hybridized carbons (Fsp3) is 0.571. The zero-order valence-corrected chi connectivity index (χ0v) is 11.4. The van der Waals surface area contributed by atoms with E-state index in [1.54, 1.807) is 0 Å². The second-order valence-electron chi connectivity index (χ2n) is 5.20. The van der Waals surface area contributed by atoms with Gasteiger partial charge in [0.1, 0.15) is 0 Å². The van der Waals surface area contributed by atoms with Gasteiger partial charge in [-0.3, -0.25) is 0 Å². The maximum absolute atomic E-state index is 9.23. The molecule has 1 aliphatic rings. The monoisotopic (exact) mass is 251 g/mol. The van der Waals surface area contributed by atoms with Gasteiger partial charge in [0.05, 0.1) is 6.61 Å². The van der Waals surface area contributed by atoms with Crippen LogP contribution in [0.3, 0.4) is 0 Å². The Hall–Kier alpha value is -0.670. The fourth-order valence-electron chi connectivity index (χ4n) is 1.78. The van der Waals surface area contributed by atoms with E-state index in [9.17, 15) is 5.11 Å². The van der Waals surface area contributed by atoms with Crippen LogP contribution in [0.15, 0.2) is 29.2 Å². The van der Waals surface area contributed by atoms with Gasteiger partial charge in [-0.15, -0.1) is 11.8 Å². The van der Waals surface area contributed by atoms with Crippen molar-refractivity contribution in [2.45, 2.75) is 36.8 Å². The van der Waals surface area contributed by atoms with E-state index in [0.717, 1.165) is 25.1 Å². The van der Waals surface area contributed by atoms with E-state index < -0.39 is 0 Å². The Bertz CT molecular complexity index is 357. The largest absolute Gasteiger partial charge is 0.396 e. The lowest BCUT2D eigenvalue weighted by Crippen LogP contribution is -2.18. The first-order valence-electron chi connectivity index (χ1n) is 6.25. The molecule has 0 unspecified atom stereocenters. The zero-order valence-electron chi connectivity index (χ0n) is 10.6. The lowest BCUT2D eigenvalue weighted by molar-refractivity contribution is 0.220. The summed E-state index contributed by atoms with van der Waals surface area (Å²) in [6, 6.07) is 8.56. The molecule has 0 heterocycles. The van der Waals surface area contributed by atoms with Crippen LogP contribution < -0.4 is 5.32 Å². The SMILES string of the molecule is CC(C)Sc1ccc(NCC2(CO)CC2)cc1. The highest BCUT2D eigenvalue weighted by molar-refractivity contribution is 7.99. The van der Waals surface area contributed by atoms with Crippen LogP contribution in [-0.4, -0.2) is 23.5 Å². The average molecular weight is 251 g/mol. The third-order valence-electron chi connectivity index (χ3n) is 3.19. The molecule has 2 N–H and O–H groups in total. The summed E-state index contributed by atoms with van der Waals surface area (Å²) in [7, 11) is 0. The number of rotatable bonds is 6. The van der Waals surface area contributed by atoms with Crippen molar-refractivity contribution in [3.63, 3.8) is 0 Å². The van der Waals surface area contributed by atoms with Crippen LogP contribution in [0.25, 0.3) is 0 Å². The molecule has 0 aromatic heterocycles. The van der Waals surface area contributed by atoms with Gasteiger partial charge in [0.2, 0.25) is 0 Å². The Labute approximate surface area is 108 Å². The van der Waals surface area contributed by atoms with Crippen LogP contribution >= 0.6 is 11.8 Å². The highest BCUT2D eigenvalue weighted by Gasteiger charge is 2.41. The highest BCUT2D eigenvalue weighted by Crippen LogP contribution is 2.44. The van der Waals surface area contributed by atoms with Crippen molar-refractivity contribution in [2.24, 2.45) is 5.41 Å². The molecule has 1 aromatic rings. The maximum atomic E-state index is 9.23. The minimum Gasteiger partial charge on any atom is -0.396 e. The molecule has 94 valence electrons. The smallest absolute Gasteiger partial charge is 0.0504 e. The number of nitrogens with one attached hydrogen (secondary N) is 1. The second-order valence-corrected chi connectivity index (χ2v) is 6.85. The minimum absolute atomic E-state index is 0.172. The lowest BCUT2D eigenvalue weighted by atomic mass is 10.1. The van der Waals surface area contributed by atoms with Gasteiger partial charge in [-0.05, 0) is 37.1 Å². The molecule has 0 aliphatic heterocycles. The van der Waals surface area contributed by atoms with Crippen molar-refractivity contribution in [1.82, 2.24) is 0 Å². The van der Waals surface area contributed by atoms with E-state index in [0.29, 0.717) is 11.9 Å². The molecule has 0 bridgehead atoms. The summed E-state index contributed by atoms with van der Waals surface area (Å²) in [6.45, 7) is 5.60. The molecular weight excluding hydrogens is 230 g/mol. The summed E-state index contributed by atoms with van der Waals surface area (Å²) in [5, 5.41) is 13.3. The van der Waals surface area contributed by atoms with Crippen molar-refractivity contribution in [3.8, 4) is 0 Å². The van der Waals surface area contributed by atoms with E-state index in [-0.39, 0.29) is 5.41 Å². The Morgan fingerprint density at radius 2 is 1.94 bits per heavy atom. The maximum Gasteiger partial charge on any atom is 0.0504 e. The molecule has 0 atom stereocenters. The summed E-state index contributed by atoms with van der Waals surface area (Å²) in [5.41, 5.74) is 1.32. The third kappa shape index (κ3) is 3.65. The predicted octanol–water partition coefficient (Wildman–Crippen LogP) is 3.37. The molecule has 1 fully saturated rings. The number of aliphatic hydroxyl groups excluding tert-OH is 1. The number of hydrogen-bond donors (Lipinski definition) is 2. The van der Waals surface area contributed by atoms with Gasteiger partial charge in [0, 0.05) is 27.8 Å². The van der Waals surface area contributed by atoms with E-state index in [2.05, 4.69) is 43.4 Å². The second kappa shape index (κ2) is 5.32. The van der Waals surface area contributed by atoms with E-state index in [4.69, 9.17) is 0 Å². The molecule has 0 amide bonds. The molecule has 17 heavy (non-hydrogen) atoms. The summed E-state index contributed by atoms with van der Waals surface area (Å²) < 4.78 is 0. The van der Waals surface area contributed by atoms with Crippen molar-refractivity contribution < 1.29 is 5.11 Å². The zero-order chi connectivity index (χ0) is 12.3. The Balaban J connectivity index is 1.85. The topological polar surface area (TPSA) is 32.3 Å². The van der Waals surface area contributed by atoms with E-state index >= 15 is 0 Å². The Kier molecular flexibility index (Phi) is 4.00. The van der Waals surface area contributed by atoms with Crippen LogP contribution in [0.5, 0.6) is 0 Å². The van der Waals surface area contributed by atoms with Gasteiger partial charge in [-0.2, -0.15) is 0 Å². The minimum atomic E-state index is 0.172. The van der Waals surface area contributed by atoms with Crippen LogP contribution in [0.1, 0.15) is 26.7 Å². The first-order chi connectivity index (χ1) is 8.13. The predicted molar refractivity (Wildman–Crippen MR) is 74.7 cm³/mol. The fourth-order valence-corrected chi connectivity index (χ4v) is 2.62. The quantitative estimate of drug-likeness (QED) is 0.760. The number of anilines is 1. The molecule has 2 nitrogen and oxygen atoms in total. The third-order valence-corrected chi connectivity index (χ3v) is 4.20. The van der Waals surface area contributed by atoms with Gasteiger partial charge in [-0.25, -0.2) is 0 Å². The average Bonchev–Trinajstić information content (AvgIpc) is 3.08. The first-order valence-corrected chi connectivity index (χ1v) is 7.13. The molecule has 0 spiro atoms. The highest BCUT2D eigenvalue weighted by atomic mass is 32.2. The Morgan fingerprint density at radius 3 is 2.41 bits per heavy atom. The Morgan fingerprint density at radius 1 is 1.29 bits per heavy atom. The van der Waals surface area contributed by atoms with Crippen LogP contribution in [0.4, 0.5) is 5.69 Å². The van der Waals surface area contributed by atoms with E-state index in [1.807, 2.05) is 11.8 Å². The molecule has 1 saturated carbocycles. The number of benzene rings is 1. The van der Waals surface area contributed by atoms with Gasteiger partial charge >= 0.3 is 0 Å². The summed E-state index contributed by atoms with van der Waals surface area (Å²) in [4.78, 5) is 1.31. The van der Waals surface area contributed by atoms with Gasteiger partial charge in [0.25, 0.3) is 0 Å². The van der Waals surface area contributed by atoms with Crippen molar-refractivity contribution >= 4 is 17.4 Å². The summed E-state index contributed by atoms with van der Waals surface area (Å²) >= 11 is 1.88. The van der Waals surface area contributed by atoms with E-state index in [1.165, 1.54) is 4.90 Å². The molecule has 0 radical (unpaired) electrons. The molecule has 0 saturated heterocycles. The van der Waals surface area contributed by atoms with Crippen LogP contribution in [-0.2, 0) is 0 Å². The van der Waals surface area contributed by atoms with Crippen LogP contribution in [0.2, 0.25) is 0 Å². The molecule has 1 aliphatic carbocycles. The van der Waals surface area contributed by atoms with Crippen molar-refractivity contribution in [1.29, 1.82) is 0 Å². The first kappa shape index (κ1) is 12.8. The summed E-state index contributed by atoms with van der Waals surface area (Å²) in [6.07, 6.45) is 2.30.